The lowest BCUT2D eigenvalue weighted by Gasteiger charge is -2.02. The molecule has 0 bridgehead atoms. The van der Waals surface area contributed by atoms with Crippen molar-refractivity contribution in [3.8, 4) is 0 Å². The van der Waals surface area contributed by atoms with Crippen LogP contribution in [0.2, 0.25) is 0 Å². The number of nitrogens with zero attached hydrogens (tertiary/aromatic N) is 1. The number of sulfonamides is 1. The predicted molar refractivity (Wildman–Crippen MR) is 33.6 cm³/mol. The van der Waals surface area contributed by atoms with E-state index >= 15 is 0 Å². The largest absolute Gasteiger partial charge is 0.518 e. The van der Waals surface area contributed by atoms with Crippen LogP contribution in [0.4, 0.5) is 13.2 Å². The SMILES string of the molecule is COC(N)=NS(=O)(=O)C(F)(F)F. The average Bonchev–Trinajstić information content (AvgIpc) is 1.84. The Labute approximate surface area is 66.1 Å². The van der Waals surface area contributed by atoms with Crippen molar-refractivity contribution in [2.24, 2.45) is 10.1 Å². The fourth-order valence-corrected chi connectivity index (χ4v) is 0.622. The van der Waals surface area contributed by atoms with E-state index < -0.39 is 21.6 Å². The Morgan fingerprint density at radius 1 is 1.50 bits per heavy atom. The first-order valence-electron chi connectivity index (χ1n) is 2.41. The lowest BCUT2D eigenvalue weighted by Crippen LogP contribution is -2.25. The third-order valence-corrected chi connectivity index (χ3v) is 1.72. The topological polar surface area (TPSA) is 81.8 Å². The first kappa shape index (κ1) is 11.0. The summed E-state index contributed by atoms with van der Waals surface area (Å²) in [6.07, 6.45) is 0. The van der Waals surface area contributed by atoms with Crippen molar-refractivity contribution in [3.05, 3.63) is 0 Å². The molecule has 0 amide bonds. The molecule has 0 aromatic carbocycles. The van der Waals surface area contributed by atoms with Crippen LogP contribution in [0.1, 0.15) is 0 Å². The van der Waals surface area contributed by atoms with E-state index in [9.17, 15) is 21.6 Å². The summed E-state index contributed by atoms with van der Waals surface area (Å²) >= 11 is 0. The van der Waals surface area contributed by atoms with Gasteiger partial charge in [0.25, 0.3) is 6.02 Å². The molecule has 0 aliphatic heterocycles. The molecule has 9 heteroatoms. The van der Waals surface area contributed by atoms with Gasteiger partial charge in [-0.1, -0.05) is 0 Å². The fraction of sp³-hybridized carbons (Fsp3) is 0.667. The van der Waals surface area contributed by atoms with Gasteiger partial charge in [0.1, 0.15) is 0 Å². The molecule has 0 radical (unpaired) electrons. The van der Waals surface area contributed by atoms with Crippen LogP contribution < -0.4 is 5.73 Å². The molecule has 2 N–H and O–H groups in total. The molecule has 12 heavy (non-hydrogen) atoms. The van der Waals surface area contributed by atoms with Crippen molar-refractivity contribution in [1.29, 1.82) is 0 Å². The Balaban J connectivity index is 4.93. The van der Waals surface area contributed by atoms with Crippen molar-refractivity contribution >= 4 is 16.0 Å². The molecule has 72 valence electrons. The highest BCUT2D eigenvalue weighted by molar-refractivity contribution is 7.91. The van der Waals surface area contributed by atoms with Gasteiger partial charge in [0.05, 0.1) is 7.11 Å². The summed E-state index contributed by atoms with van der Waals surface area (Å²) in [6.45, 7) is 0. The molecule has 0 atom stereocenters. The zero-order valence-electron chi connectivity index (χ0n) is 5.79. The average molecular weight is 206 g/mol. The van der Waals surface area contributed by atoms with Crippen LogP contribution >= 0.6 is 0 Å². The van der Waals surface area contributed by atoms with E-state index in [0.29, 0.717) is 0 Å². The fourth-order valence-electron chi connectivity index (χ4n) is 0.207. The number of hydrogen-bond donors (Lipinski definition) is 1. The van der Waals surface area contributed by atoms with Crippen LogP contribution in [0.25, 0.3) is 0 Å². The number of ether oxygens (including phenoxy) is 1. The maximum Gasteiger partial charge on any atom is 0.518 e. The molecule has 0 unspecified atom stereocenters. The molecule has 0 aliphatic rings. The Hall–Kier alpha value is -0.990. The number of hydrogen-bond acceptors (Lipinski definition) is 3. The second kappa shape index (κ2) is 3.17. The van der Waals surface area contributed by atoms with E-state index in [0.717, 1.165) is 7.11 Å². The first-order valence-corrected chi connectivity index (χ1v) is 3.85. The summed E-state index contributed by atoms with van der Waals surface area (Å²) in [6, 6.07) is -1.06. The molecule has 0 spiro atoms. The van der Waals surface area contributed by atoms with Crippen LogP contribution in [0.15, 0.2) is 4.40 Å². The molecular weight excluding hydrogens is 201 g/mol. The van der Waals surface area contributed by atoms with Crippen molar-refractivity contribution in [3.63, 3.8) is 0 Å². The summed E-state index contributed by atoms with van der Waals surface area (Å²) < 4.78 is 60.9. The Bertz CT molecular complexity index is 280. The molecular formula is C3H5F3N2O3S. The minimum Gasteiger partial charge on any atom is -0.468 e. The molecule has 0 aliphatic carbocycles. The van der Waals surface area contributed by atoms with Crippen molar-refractivity contribution in [2.45, 2.75) is 5.51 Å². The number of alkyl halides is 3. The Kier molecular flexibility index (Phi) is 2.91. The van der Waals surface area contributed by atoms with E-state index in [-0.39, 0.29) is 0 Å². The number of nitrogens with two attached hydrogens (primary N) is 1. The van der Waals surface area contributed by atoms with Gasteiger partial charge < -0.3 is 10.5 Å². The summed E-state index contributed by atoms with van der Waals surface area (Å²) in [5.74, 6) is 0. The highest BCUT2D eigenvalue weighted by Gasteiger charge is 2.46. The van der Waals surface area contributed by atoms with Gasteiger partial charge in [-0.3, -0.25) is 0 Å². The molecule has 0 heterocycles. The zero-order valence-corrected chi connectivity index (χ0v) is 6.61. The van der Waals surface area contributed by atoms with Gasteiger partial charge in [-0.2, -0.15) is 21.6 Å². The van der Waals surface area contributed by atoms with Gasteiger partial charge in [-0.05, 0) is 0 Å². The molecule has 0 rings (SSSR count). The van der Waals surface area contributed by atoms with Gasteiger partial charge >= 0.3 is 15.5 Å². The molecule has 0 aromatic heterocycles. The second-order valence-corrected chi connectivity index (χ2v) is 3.15. The molecule has 0 saturated carbocycles. The Morgan fingerprint density at radius 2 is 1.92 bits per heavy atom. The Morgan fingerprint density at radius 3 is 2.17 bits per heavy atom. The van der Waals surface area contributed by atoms with E-state index in [2.05, 4.69) is 14.9 Å². The normalized spacial score (nSPS) is 14.5. The minimum atomic E-state index is -5.57. The monoisotopic (exact) mass is 206 g/mol. The number of rotatable bonds is 1. The van der Waals surface area contributed by atoms with Gasteiger partial charge in [0, 0.05) is 0 Å². The van der Waals surface area contributed by atoms with Gasteiger partial charge in [-0.15, -0.1) is 4.40 Å². The summed E-state index contributed by atoms with van der Waals surface area (Å²) in [4.78, 5) is 0. The van der Waals surface area contributed by atoms with Gasteiger partial charge in [-0.25, -0.2) is 0 Å². The lowest BCUT2D eigenvalue weighted by atomic mass is 11.2. The van der Waals surface area contributed by atoms with Crippen LogP contribution in [0.3, 0.4) is 0 Å². The van der Waals surface area contributed by atoms with E-state index in [1.165, 1.54) is 0 Å². The first-order chi connectivity index (χ1) is 5.20. The number of methoxy groups -OCH3 is 1. The molecule has 0 fully saturated rings. The smallest absolute Gasteiger partial charge is 0.468 e. The van der Waals surface area contributed by atoms with Crippen LogP contribution in [0.5, 0.6) is 0 Å². The van der Waals surface area contributed by atoms with E-state index in [1.807, 2.05) is 0 Å². The maximum absolute atomic E-state index is 11.5. The van der Waals surface area contributed by atoms with Gasteiger partial charge in [0.15, 0.2) is 0 Å². The van der Waals surface area contributed by atoms with Crippen LogP contribution in [0, 0.1) is 0 Å². The van der Waals surface area contributed by atoms with Gasteiger partial charge in [0.2, 0.25) is 0 Å². The van der Waals surface area contributed by atoms with Crippen LogP contribution in [-0.4, -0.2) is 27.1 Å². The maximum atomic E-state index is 11.5. The predicted octanol–water partition coefficient (Wildman–Crippen LogP) is -0.203. The summed E-state index contributed by atoms with van der Waals surface area (Å²) in [5, 5.41) is 0. The highest BCUT2D eigenvalue weighted by Crippen LogP contribution is 2.24. The van der Waals surface area contributed by atoms with Crippen molar-refractivity contribution in [2.75, 3.05) is 7.11 Å². The van der Waals surface area contributed by atoms with Crippen molar-refractivity contribution < 1.29 is 26.3 Å². The third kappa shape index (κ3) is 2.57. The quantitative estimate of drug-likeness (QED) is 0.475. The van der Waals surface area contributed by atoms with Crippen molar-refractivity contribution in [1.82, 2.24) is 0 Å². The summed E-state index contributed by atoms with van der Waals surface area (Å²) in [7, 11) is -4.68. The molecule has 0 aromatic rings. The highest BCUT2D eigenvalue weighted by atomic mass is 32.2. The van der Waals surface area contributed by atoms with E-state index in [4.69, 9.17) is 0 Å². The second-order valence-electron chi connectivity index (χ2n) is 1.55. The van der Waals surface area contributed by atoms with Crippen LogP contribution in [-0.2, 0) is 14.8 Å². The minimum absolute atomic E-state index is 0.894. The standard InChI is InChI=1S/C3H5F3N2O3S/c1-11-2(7)8-12(9,10)3(4,5)6/h1H3,(H2,7,8). The van der Waals surface area contributed by atoms with E-state index in [1.54, 1.807) is 0 Å². The number of halogens is 3. The zero-order chi connectivity index (χ0) is 9.99. The molecule has 5 nitrogen and oxygen atoms in total. The number of amidine groups is 1. The lowest BCUT2D eigenvalue weighted by molar-refractivity contribution is -0.0435. The summed E-state index contributed by atoms with van der Waals surface area (Å²) in [5.41, 5.74) is -0.844. The molecule has 0 saturated heterocycles. The third-order valence-electron chi connectivity index (χ3n) is 0.712.